The van der Waals surface area contributed by atoms with Gasteiger partial charge in [-0.25, -0.2) is 4.79 Å². The molecular weight excluding hydrogens is 164 g/mol. The monoisotopic (exact) mass is 174 g/mol. The van der Waals surface area contributed by atoms with Crippen LogP contribution in [0.2, 0.25) is 0 Å². The molecule has 66 valence electrons. The minimum absolute atomic E-state index is 0.729. The van der Waals surface area contributed by atoms with E-state index in [0.29, 0.717) is 0 Å². The van der Waals surface area contributed by atoms with Crippen molar-refractivity contribution in [2.75, 3.05) is 18.5 Å². The first kappa shape index (κ1) is 8.02. The van der Waals surface area contributed by atoms with Crippen molar-refractivity contribution < 1.29 is 4.79 Å². The van der Waals surface area contributed by atoms with Crippen molar-refractivity contribution in [1.29, 1.82) is 0 Å². The highest BCUT2D eigenvalue weighted by molar-refractivity contribution is 5.75. The molecule has 0 aromatic heterocycles. The zero-order valence-corrected chi connectivity index (χ0v) is 7.45. The number of rotatable bonds is 1. The number of likely N-dealkylation sites (N-methyl/N-ethyl adjacent to an activating group) is 1. The van der Waals surface area contributed by atoms with Crippen LogP contribution in [0.25, 0.3) is 0 Å². The summed E-state index contributed by atoms with van der Waals surface area (Å²) in [6.45, 7) is 1.00. The predicted octanol–water partition coefficient (Wildman–Crippen LogP) is 1.65. The molecule has 1 aliphatic rings. The summed E-state index contributed by atoms with van der Waals surface area (Å²) in [5.74, 6) is 0. The number of isocyanates is 1. The number of aliphatic imine (C=N–C) groups is 1. The fraction of sp³-hybridized carbons (Fsp3) is 0.300. The van der Waals surface area contributed by atoms with E-state index >= 15 is 0 Å². The second-order valence-electron chi connectivity index (χ2n) is 3.16. The lowest BCUT2D eigenvalue weighted by molar-refractivity contribution is 0.565. The van der Waals surface area contributed by atoms with E-state index < -0.39 is 0 Å². The highest BCUT2D eigenvalue weighted by Gasteiger charge is 2.18. The molecule has 2 rings (SSSR count). The Morgan fingerprint density at radius 2 is 2.38 bits per heavy atom. The van der Waals surface area contributed by atoms with Crippen LogP contribution in [0, 0.1) is 0 Å². The Kier molecular flexibility index (Phi) is 1.87. The molecule has 1 heterocycles. The summed E-state index contributed by atoms with van der Waals surface area (Å²) in [4.78, 5) is 16.0. The van der Waals surface area contributed by atoms with Crippen molar-refractivity contribution in [2.45, 2.75) is 6.42 Å². The quantitative estimate of drug-likeness (QED) is 0.479. The van der Waals surface area contributed by atoms with E-state index in [-0.39, 0.29) is 0 Å². The smallest absolute Gasteiger partial charge is 0.240 e. The number of carbonyl (C=O) groups excluding carboxylic acids is 1. The third kappa shape index (κ3) is 1.23. The zero-order chi connectivity index (χ0) is 9.26. The number of para-hydroxylation sites is 1. The fourth-order valence-electron chi connectivity index (χ4n) is 1.76. The van der Waals surface area contributed by atoms with Gasteiger partial charge in [-0.3, -0.25) is 0 Å². The van der Waals surface area contributed by atoms with Gasteiger partial charge in [0.1, 0.15) is 0 Å². The summed E-state index contributed by atoms with van der Waals surface area (Å²) in [7, 11) is 2.01. The van der Waals surface area contributed by atoms with Crippen LogP contribution in [-0.2, 0) is 11.2 Å². The van der Waals surface area contributed by atoms with Gasteiger partial charge < -0.3 is 4.90 Å². The molecule has 0 atom stereocenters. The molecule has 3 heteroatoms. The Hall–Kier alpha value is -1.60. The lowest BCUT2D eigenvalue weighted by atomic mass is 10.1. The number of benzene rings is 1. The predicted molar refractivity (Wildman–Crippen MR) is 51.2 cm³/mol. The Bertz CT molecular complexity index is 381. The van der Waals surface area contributed by atoms with Gasteiger partial charge in [-0.2, -0.15) is 4.99 Å². The van der Waals surface area contributed by atoms with Gasteiger partial charge in [-0.1, -0.05) is 12.1 Å². The number of hydrogen-bond donors (Lipinski definition) is 0. The van der Waals surface area contributed by atoms with Gasteiger partial charge in [0.15, 0.2) is 0 Å². The second-order valence-corrected chi connectivity index (χ2v) is 3.16. The summed E-state index contributed by atoms with van der Waals surface area (Å²) < 4.78 is 0. The highest BCUT2D eigenvalue weighted by atomic mass is 16.1. The summed E-state index contributed by atoms with van der Waals surface area (Å²) >= 11 is 0. The van der Waals surface area contributed by atoms with Gasteiger partial charge >= 0.3 is 0 Å². The van der Waals surface area contributed by atoms with Crippen LogP contribution in [0.3, 0.4) is 0 Å². The van der Waals surface area contributed by atoms with Crippen molar-refractivity contribution in [1.82, 2.24) is 0 Å². The second kappa shape index (κ2) is 3.04. The molecule has 1 aliphatic heterocycles. The molecule has 0 N–H and O–H groups in total. The van der Waals surface area contributed by atoms with E-state index in [1.165, 1.54) is 5.56 Å². The van der Waals surface area contributed by atoms with Gasteiger partial charge in [-0.05, 0) is 18.1 Å². The topological polar surface area (TPSA) is 32.7 Å². The van der Waals surface area contributed by atoms with Gasteiger partial charge in [-0.15, -0.1) is 0 Å². The minimum Gasteiger partial charge on any atom is -0.372 e. The fourth-order valence-corrected chi connectivity index (χ4v) is 1.76. The molecule has 0 spiro atoms. The van der Waals surface area contributed by atoms with Crippen molar-refractivity contribution in [3.8, 4) is 0 Å². The van der Waals surface area contributed by atoms with Crippen LogP contribution in [0.4, 0.5) is 11.4 Å². The van der Waals surface area contributed by atoms with Gasteiger partial charge in [0.2, 0.25) is 6.08 Å². The van der Waals surface area contributed by atoms with Crippen LogP contribution in [0.15, 0.2) is 23.2 Å². The van der Waals surface area contributed by atoms with E-state index in [4.69, 9.17) is 0 Å². The molecule has 1 aromatic carbocycles. The molecular formula is C10H10N2O. The minimum atomic E-state index is 0.729. The van der Waals surface area contributed by atoms with Crippen molar-refractivity contribution >= 4 is 17.5 Å². The van der Waals surface area contributed by atoms with E-state index in [1.54, 1.807) is 6.08 Å². The van der Waals surface area contributed by atoms with Crippen LogP contribution < -0.4 is 4.90 Å². The maximum Gasteiger partial charge on any atom is 0.240 e. The highest BCUT2D eigenvalue weighted by Crippen LogP contribution is 2.35. The van der Waals surface area contributed by atoms with Crippen LogP contribution in [0.5, 0.6) is 0 Å². The number of hydrogen-bond acceptors (Lipinski definition) is 3. The Morgan fingerprint density at radius 3 is 3.15 bits per heavy atom. The molecule has 0 saturated carbocycles. The average molecular weight is 174 g/mol. The molecule has 0 unspecified atom stereocenters. The van der Waals surface area contributed by atoms with Crippen LogP contribution in [-0.4, -0.2) is 19.7 Å². The largest absolute Gasteiger partial charge is 0.372 e. The first-order valence-corrected chi connectivity index (χ1v) is 4.24. The van der Waals surface area contributed by atoms with E-state index in [1.807, 2.05) is 19.2 Å². The maximum atomic E-state index is 10.2. The molecule has 0 amide bonds. The van der Waals surface area contributed by atoms with E-state index in [0.717, 1.165) is 24.3 Å². The van der Waals surface area contributed by atoms with E-state index in [2.05, 4.69) is 16.0 Å². The summed E-state index contributed by atoms with van der Waals surface area (Å²) in [5, 5.41) is 0. The lowest BCUT2D eigenvalue weighted by Gasteiger charge is -2.12. The molecule has 0 aliphatic carbocycles. The first-order chi connectivity index (χ1) is 6.33. The van der Waals surface area contributed by atoms with Crippen LogP contribution in [0.1, 0.15) is 5.56 Å². The van der Waals surface area contributed by atoms with Crippen molar-refractivity contribution in [3.63, 3.8) is 0 Å². The SMILES string of the molecule is CN1CCc2cccc(N=C=O)c21. The average Bonchev–Trinajstić information content (AvgIpc) is 2.50. The standard InChI is InChI=1S/C10H10N2O/c1-12-6-5-8-3-2-4-9(10(8)12)11-7-13/h2-4H,5-6H2,1H3. The molecule has 0 bridgehead atoms. The molecule has 0 saturated heterocycles. The van der Waals surface area contributed by atoms with E-state index in [9.17, 15) is 4.79 Å². The third-order valence-electron chi connectivity index (χ3n) is 2.36. The van der Waals surface area contributed by atoms with Gasteiger partial charge in [0.25, 0.3) is 0 Å². The zero-order valence-electron chi connectivity index (χ0n) is 7.45. The summed E-state index contributed by atoms with van der Waals surface area (Å²) in [6, 6.07) is 5.84. The van der Waals surface area contributed by atoms with Gasteiger partial charge in [0.05, 0.1) is 11.4 Å². The molecule has 3 nitrogen and oxygen atoms in total. The Morgan fingerprint density at radius 1 is 1.54 bits per heavy atom. The lowest BCUT2D eigenvalue weighted by Crippen LogP contribution is -2.12. The van der Waals surface area contributed by atoms with Crippen molar-refractivity contribution in [2.24, 2.45) is 4.99 Å². The Balaban J connectivity index is 2.59. The third-order valence-corrected chi connectivity index (χ3v) is 2.36. The first-order valence-electron chi connectivity index (χ1n) is 4.24. The number of nitrogens with zero attached hydrogens (tertiary/aromatic N) is 2. The Labute approximate surface area is 76.7 Å². The van der Waals surface area contributed by atoms with Crippen molar-refractivity contribution in [3.05, 3.63) is 23.8 Å². The molecule has 1 aromatic rings. The summed E-state index contributed by atoms with van der Waals surface area (Å²) in [6.07, 6.45) is 2.62. The molecule has 0 radical (unpaired) electrons. The van der Waals surface area contributed by atoms with Crippen LogP contribution >= 0.6 is 0 Å². The molecule has 0 fully saturated rings. The number of anilines is 1. The number of fused-ring (bicyclic) bond motifs is 1. The van der Waals surface area contributed by atoms with Gasteiger partial charge in [0, 0.05) is 13.6 Å². The maximum absolute atomic E-state index is 10.2. The summed E-state index contributed by atoms with van der Waals surface area (Å²) in [5.41, 5.74) is 3.07. The molecule has 13 heavy (non-hydrogen) atoms. The normalized spacial score (nSPS) is 13.8.